The van der Waals surface area contributed by atoms with Gasteiger partial charge in [-0.05, 0) is 37.1 Å². The molecule has 1 rings (SSSR count). The Balaban J connectivity index is 2.57. The first-order chi connectivity index (χ1) is 12.7. The van der Waals surface area contributed by atoms with E-state index in [9.17, 15) is 24.3 Å². The molecule has 0 bridgehead atoms. The van der Waals surface area contributed by atoms with Gasteiger partial charge in [-0.2, -0.15) is 0 Å². The Bertz CT molecular complexity index is 683. The largest absolute Gasteiger partial charge is 0.481 e. The van der Waals surface area contributed by atoms with Crippen molar-refractivity contribution in [3.05, 3.63) is 29.8 Å². The number of benzene rings is 1. The van der Waals surface area contributed by atoms with Crippen molar-refractivity contribution in [1.29, 1.82) is 0 Å². The Morgan fingerprint density at radius 1 is 1.04 bits per heavy atom. The van der Waals surface area contributed by atoms with E-state index in [0.717, 1.165) is 0 Å². The number of anilines is 1. The van der Waals surface area contributed by atoms with Crippen LogP contribution < -0.4 is 21.7 Å². The monoisotopic (exact) mass is 378 g/mol. The van der Waals surface area contributed by atoms with Crippen LogP contribution in [0.15, 0.2) is 24.3 Å². The number of amides is 4. The average molecular weight is 378 g/mol. The predicted octanol–water partition coefficient (Wildman–Crippen LogP) is 1.30. The summed E-state index contributed by atoms with van der Waals surface area (Å²) in [4.78, 5) is 46.0. The van der Waals surface area contributed by atoms with Gasteiger partial charge in [0, 0.05) is 30.8 Å². The van der Waals surface area contributed by atoms with E-state index < -0.39 is 23.3 Å². The maximum absolute atomic E-state index is 12.0. The first-order valence-corrected chi connectivity index (χ1v) is 8.69. The highest BCUT2D eigenvalue weighted by Gasteiger charge is 2.35. The van der Waals surface area contributed by atoms with Crippen molar-refractivity contribution in [3.8, 4) is 0 Å². The Hall–Kier alpha value is -3.10. The molecule has 0 aliphatic carbocycles. The van der Waals surface area contributed by atoms with Crippen molar-refractivity contribution in [2.75, 3.05) is 18.4 Å². The number of primary amides is 1. The Morgan fingerprint density at radius 2 is 1.63 bits per heavy atom. The van der Waals surface area contributed by atoms with Crippen molar-refractivity contribution in [2.24, 2.45) is 11.1 Å². The topological polar surface area (TPSA) is 151 Å². The average Bonchev–Trinajstić information content (AvgIpc) is 2.63. The van der Waals surface area contributed by atoms with Crippen molar-refractivity contribution in [2.45, 2.75) is 33.1 Å². The summed E-state index contributed by atoms with van der Waals surface area (Å²) < 4.78 is 0. The summed E-state index contributed by atoms with van der Waals surface area (Å²) in [7, 11) is 0. The normalized spacial score (nSPS) is 10.7. The van der Waals surface area contributed by atoms with Crippen LogP contribution >= 0.6 is 0 Å². The van der Waals surface area contributed by atoms with Gasteiger partial charge in [-0.3, -0.25) is 14.4 Å². The number of hydrogen-bond acceptors (Lipinski definition) is 4. The standard InChI is InChI=1S/C18H26N4O5/c1-3-18(4-2,16(25)26)11-21-17(27)22-13-7-5-12(6-8-13)15(24)20-10-9-14(19)23/h5-8H,3-4,9-11H2,1-2H3,(H2,19,23)(H,20,24)(H,25,26)(H2,21,22,27). The van der Waals surface area contributed by atoms with E-state index in [-0.39, 0.29) is 25.4 Å². The minimum Gasteiger partial charge on any atom is -0.481 e. The molecule has 0 spiro atoms. The van der Waals surface area contributed by atoms with Crippen molar-refractivity contribution in [1.82, 2.24) is 10.6 Å². The number of carbonyl (C=O) groups is 4. The number of carboxylic acid groups (broad SMARTS) is 1. The van der Waals surface area contributed by atoms with Gasteiger partial charge >= 0.3 is 12.0 Å². The molecule has 0 aromatic heterocycles. The minimum absolute atomic E-state index is 0.0154. The van der Waals surface area contributed by atoms with Crippen molar-refractivity contribution in [3.63, 3.8) is 0 Å². The first-order valence-electron chi connectivity index (χ1n) is 8.69. The summed E-state index contributed by atoms with van der Waals surface area (Å²) in [6, 6.07) is 5.62. The van der Waals surface area contributed by atoms with Gasteiger partial charge in [-0.1, -0.05) is 13.8 Å². The van der Waals surface area contributed by atoms with Crippen LogP contribution in [0.5, 0.6) is 0 Å². The molecule has 0 atom stereocenters. The fourth-order valence-corrected chi connectivity index (χ4v) is 2.41. The molecule has 0 saturated heterocycles. The number of carboxylic acids is 1. The van der Waals surface area contributed by atoms with E-state index in [1.165, 1.54) is 12.1 Å². The molecule has 0 unspecified atom stereocenters. The fraction of sp³-hybridized carbons (Fsp3) is 0.444. The predicted molar refractivity (Wildman–Crippen MR) is 100 cm³/mol. The molecule has 1 aromatic rings. The van der Waals surface area contributed by atoms with Gasteiger partial charge in [-0.25, -0.2) is 4.79 Å². The van der Waals surface area contributed by atoms with Crippen LogP contribution in [-0.4, -0.2) is 42.0 Å². The number of nitrogens with two attached hydrogens (primary N) is 1. The molecule has 9 heteroatoms. The lowest BCUT2D eigenvalue weighted by Gasteiger charge is -2.26. The van der Waals surface area contributed by atoms with Gasteiger partial charge in [0.1, 0.15) is 0 Å². The highest BCUT2D eigenvalue weighted by Crippen LogP contribution is 2.25. The van der Waals surface area contributed by atoms with Gasteiger partial charge in [0.2, 0.25) is 5.91 Å². The molecule has 148 valence electrons. The molecule has 1 aromatic carbocycles. The second-order valence-corrected chi connectivity index (χ2v) is 6.15. The Labute approximate surface area is 157 Å². The van der Waals surface area contributed by atoms with Gasteiger partial charge in [0.15, 0.2) is 0 Å². The Morgan fingerprint density at radius 3 is 2.11 bits per heavy atom. The van der Waals surface area contributed by atoms with Crippen LogP contribution in [0.1, 0.15) is 43.5 Å². The molecule has 0 saturated carbocycles. The fourth-order valence-electron chi connectivity index (χ4n) is 2.41. The van der Waals surface area contributed by atoms with Gasteiger partial charge < -0.3 is 26.8 Å². The summed E-state index contributed by atoms with van der Waals surface area (Å²) >= 11 is 0. The summed E-state index contributed by atoms with van der Waals surface area (Å²) in [5, 5.41) is 17.1. The summed E-state index contributed by atoms with van der Waals surface area (Å²) in [6.45, 7) is 3.70. The molecule has 4 amide bonds. The molecule has 0 radical (unpaired) electrons. The SMILES string of the molecule is CCC(CC)(CNC(=O)Nc1ccc(C(=O)NCCC(N)=O)cc1)C(=O)O. The van der Waals surface area contributed by atoms with Crippen LogP contribution in [0.25, 0.3) is 0 Å². The highest BCUT2D eigenvalue weighted by atomic mass is 16.4. The number of rotatable bonds is 10. The van der Waals surface area contributed by atoms with E-state index in [1.54, 1.807) is 26.0 Å². The number of nitrogens with one attached hydrogen (secondary N) is 3. The number of aliphatic carboxylic acids is 1. The van der Waals surface area contributed by atoms with Gasteiger partial charge in [0.05, 0.1) is 5.41 Å². The molecule has 0 heterocycles. The van der Waals surface area contributed by atoms with Crippen LogP contribution in [0, 0.1) is 5.41 Å². The highest BCUT2D eigenvalue weighted by molar-refractivity contribution is 5.95. The van der Waals surface area contributed by atoms with Crippen LogP contribution in [-0.2, 0) is 9.59 Å². The lowest BCUT2D eigenvalue weighted by atomic mass is 9.82. The quantitative estimate of drug-likeness (QED) is 0.416. The van der Waals surface area contributed by atoms with E-state index >= 15 is 0 Å². The smallest absolute Gasteiger partial charge is 0.319 e. The molecule has 27 heavy (non-hydrogen) atoms. The van der Waals surface area contributed by atoms with Crippen molar-refractivity contribution >= 4 is 29.5 Å². The molecule has 9 nitrogen and oxygen atoms in total. The minimum atomic E-state index is -0.996. The van der Waals surface area contributed by atoms with Crippen LogP contribution in [0.4, 0.5) is 10.5 Å². The third kappa shape index (κ3) is 6.61. The van der Waals surface area contributed by atoms with Crippen molar-refractivity contribution < 1.29 is 24.3 Å². The lowest BCUT2D eigenvalue weighted by Crippen LogP contribution is -2.43. The third-order valence-corrected chi connectivity index (χ3v) is 4.46. The zero-order chi connectivity index (χ0) is 20.4. The second kappa shape index (κ2) is 10.1. The number of carbonyl (C=O) groups excluding carboxylic acids is 3. The molecule has 0 aliphatic rings. The van der Waals surface area contributed by atoms with Gasteiger partial charge in [0.25, 0.3) is 5.91 Å². The first kappa shape index (κ1) is 21.9. The lowest BCUT2D eigenvalue weighted by molar-refractivity contribution is -0.149. The molecule has 0 fully saturated rings. The maximum atomic E-state index is 12.0. The van der Waals surface area contributed by atoms with E-state index in [0.29, 0.717) is 24.1 Å². The van der Waals surface area contributed by atoms with E-state index in [2.05, 4.69) is 16.0 Å². The van der Waals surface area contributed by atoms with E-state index in [4.69, 9.17) is 5.73 Å². The van der Waals surface area contributed by atoms with Gasteiger partial charge in [-0.15, -0.1) is 0 Å². The number of hydrogen-bond donors (Lipinski definition) is 5. The maximum Gasteiger partial charge on any atom is 0.319 e. The van der Waals surface area contributed by atoms with E-state index in [1.807, 2.05) is 0 Å². The second-order valence-electron chi connectivity index (χ2n) is 6.15. The zero-order valence-corrected chi connectivity index (χ0v) is 15.5. The summed E-state index contributed by atoms with van der Waals surface area (Å²) in [5.41, 5.74) is 4.83. The zero-order valence-electron chi connectivity index (χ0n) is 15.5. The number of urea groups is 1. The van der Waals surface area contributed by atoms with Crippen LogP contribution in [0.2, 0.25) is 0 Å². The molecule has 6 N–H and O–H groups in total. The molecular formula is C18H26N4O5. The summed E-state index contributed by atoms with van der Waals surface area (Å²) in [5.74, 6) is -1.80. The van der Waals surface area contributed by atoms with Crippen LogP contribution in [0.3, 0.4) is 0 Å². The third-order valence-electron chi connectivity index (χ3n) is 4.46. The Kier molecular flexibility index (Phi) is 8.25. The summed E-state index contributed by atoms with van der Waals surface area (Å²) in [6.07, 6.45) is 0.857. The molecule has 0 aliphatic heterocycles. The molecular weight excluding hydrogens is 352 g/mol.